The van der Waals surface area contributed by atoms with E-state index < -0.39 is 6.10 Å². The number of aliphatic hydroxyl groups excluding tert-OH is 1. The fourth-order valence-corrected chi connectivity index (χ4v) is 3.85. The first kappa shape index (κ1) is 25.0. The zero-order valence-corrected chi connectivity index (χ0v) is 19.7. The van der Waals surface area contributed by atoms with Gasteiger partial charge in [0.05, 0.1) is 26.4 Å². The summed E-state index contributed by atoms with van der Waals surface area (Å²) < 4.78 is 18.6. The van der Waals surface area contributed by atoms with Crippen molar-refractivity contribution >= 4 is 0 Å². The molecule has 1 heterocycles. The van der Waals surface area contributed by atoms with Gasteiger partial charge < -0.3 is 23.9 Å². The number of nitrogens with zero attached hydrogens (tertiary/aromatic N) is 2. The van der Waals surface area contributed by atoms with Crippen LogP contribution in [0.3, 0.4) is 0 Å². The molecule has 0 aliphatic rings. The van der Waals surface area contributed by atoms with Crippen molar-refractivity contribution < 1.29 is 19.3 Å². The first-order valence-electron chi connectivity index (χ1n) is 11.5. The van der Waals surface area contributed by atoms with Crippen molar-refractivity contribution in [2.75, 3.05) is 40.5 Å². The molecule has 33 heavy (non-hydrogen) atoms. The van der Waals surface area contributed by atoms with Crippen molar-refractivity contribution in [3.63, 3.8) is 0 Å². The Kier molecular flexibility index (Phi) is 10.5. The van der Waals surface area contributed by atoms with Crippen molar-refractivity contribution in [1.29, 1.82) is 0 Å². The molecule has 0 aliphatic heterocycles. The van der Waals surface area contributed by atoms with E-state index in [4.69, 9.17) is 14.2 Å². The Morgan fingerprint density at radius 1 is 0.970 bits per heavy atom. The summed E-state index contributed by atoms with van der Waals surface area (Å²) in [7, 11) is 3.41. The highest BCUT2D eigenvalue weighted by Crippen LogP contribution is 2.16. The highest BCUT2D eigenvalue weighted by atomic mass is 16.5. The fraction of sp³-hybridized carbons (Fsp3) is 0.407. The lowest BCUT2D eigenvalue weighted by Gasteiger charge is -2.26. The lowest BCUT2D eigenvalue weighted by molar-refractivity contribution is 0.00706. The average molecular weight is 453 g/mol. The van der Waals surface area contributed by atoms with Crippen LogP contribution in [0, 0.1) is 0 Å². The van der Waals surface area contributed by atoms with E-state index in [-0.39, 0.29) is 0 Å². The van der Waals surface area contributed by atoms with Crippen LogP contribution >= 0.6 is 0 Å². The van der Waals surface area contributed by atoms with Gasteiger partial charge in [0.1, 0.15) is 5.75 Å². The van der Waals surface area contributed by atoms with Crippen LogP contribution in [0.25, 0.3) is 0 Å². The molecule has 0 saturated heterocycles. The topological polar surface area (TPSA) is 56.1 Å². The second-order valence-electron chi connectivity index (χ2n) is 8.21. The lowest BCUT2D eigenvalue weighted by Crippen LogP contribution is -2.36. The summed E-state index contributed by atoms with van der Waals surface area (Å²) in [5.41, 5.74) is 3.50. The lowest BCUT2D eigenvalue weighted by atomic mass is 10.2. The highest BCUT2D eigenvalue weighted by molar-refractivity contribution is 5.29. The summed E-state index contributed by atoms with van der Waals surface area (Å²) in [5, 5.41) is 10.6. The first-order chi connectivity index (χ1) is 16.2. The molecular weight excluding hydrogens is 416 g/mol. The molecule has 178 valence electrons. The summed E-state index contributed by atoms with van der Waals surface area (Å²) >= 11 is 0. The molecule has 1 N–H and O–H groups in total. The molecule has 3 aromatic rings. The minimum absolute atomic E-state index is 0.306. The van der Waals surface area contributed by atoms with Gasteiger partial charge >= 0.3 is 0 Å². The van der Waals surface area contributed by atoms with Gasteiger partial charge in [-0.25, -0.2) is 0 Å². The van der Waals surface area contributed by atoms with Crippen LogP contribution in [0.1, 0.15) is 23.2 Å². The zero-order valence-electron chi connectivity index (χ0n) is 19.7. The van der Waals surface area contributed by atoms with E-state index in [1.165, 1.54) is 11.3 Å². The Balaban J connectivity index is 1.57. The minimum atomic E-state index is -0.557. The third-order valence-electron chi connectivity index (χ3n) is 5.51. The molecule has 1 aromatic heterocycles. The Hall–Kier alpha value is -2.64. The summed E-state index contributed by atoms with van der Waals surface area (Å²) in [6.07, 6.45) is 2.45. The second-order valence-corrected chi connectivity index (χ2v) is 8.21. The number of aliphatic hydroxyl groups is 1. The normalized spacial score (nSPS) is 12.2. The summed E-state index contributed by atoms with van der Waals surface area (Å²) in [4.78, 5) is 2.27. The number of hydrogen-bond donors (Lipinski definition) is 1. The van der Waals surface area contributed by atoms with Gasteiger partial charge in [-0.15, -0.1) is 0 Å². The molecule has 0 bridgehead atoms. The van der Waals surface area contributed by atoms with E-state index in [9.17, 15) is 5.11 Å². The molecule has 0 aliphatic carbocycles. The molecule has 0 spiro atoms. The van der Waals surface area contributed by atoms with E-state index in [0.717, 1.165) is 37.4 Å². The quantitative estimate of drug-likeness (QED) is 0.354. The van der Waals surface area contributed by atoms with Gasteiger partial charge in [-0.2, -0.15) is 0 Å². The van der Waals surface area contributed by atoms with Crippen molar-refractivity contribution in [3.8, 4) is 5.75 Å². The van der Waals surface area contributed by atoms with E-state index in [1.54, 1.807) is 14.2 Å². The maximum absolute atomic E-state index is 10.6. The van der Waals surface area contributed by atoms with Crippen LogP contribution < -0.4 is 4.74 Å². The molecule has 6 nitrogen and oxygen atoms in total. The predicted octanol–water partition coefficient (Wildman–Crippen LogP) is 3.96. The number of rotatable bonds is 15. The molecule has 0 saturated carbocycles. The Bertz CT molecular complexity index is 929. The summed E-state index contributed by atoms with van der Waals surface area (Å²) in [6, 6.07) is 22.4. The summed E-state index contributed by atoms with van der Waals surface area (Å²) in [6.45, 7) is 4.41. The number of benzene rings is 2. The Labute approximate surface area is 197 Å². The van der Waals surface area contributed by atoms with Crippen LogP contribution in [-0.4, -0.2) is 61.2 Å². The van der Waals surface area contributed by atoms with Gasteiger partial charge in [-0.3, -0.25) is 4.90 Å². The fourth-order valence-electron chi connectivity index (χ4n) is 3.85. The maximum Gasteiger partial charge on any atom is 0.119 e. The Morgan fingerprint density at radius 2 is 1.79 bits per heavy atom. The van der Waals surface area contributed by atoms with Gasteiger partial charge in [-0.05, 0) is 41.8 Å². The van der Waals surface area contributed by atoms with Crippen LogP contribution in [0.2, 0.25) is 0 Å². The molecule has 0 fully saturated rings. The molecule has 1 atom stereocenters. The van der Waals surface area contributed by atoms with Crippen molar-refractivity contribution in [1.82, 2.24) is 9.47 Å². The Morgan fingerprint density at radius 3 is 2.58 bits per heavy atom. The van der Waals surface area contributed by atoms with E-state index in [1.807, 2.05) is 42.5 Å². The van der Waals surface area contributed by atoms with Crippen molar-refractivity contribution in [3.05, 3.63) is 89.7 Å². The van der Waals surface area contributed by atoms with Gasteiger partial charge in [0.2, 0.25) is 0 Å². The standard InChI is InChI=1S/C27H36N2O4/c1-31-16-8-14-28(20-26(30)22-33-21-23-9-4-3-5-10-23)19-25-12-7-15-29(25)18-24-11-6-13-27(17-24)32-2/h3-7,9-13,15,17,26,30H,8,14,16,18-22H2,1-2H3. The van der Waals surface area contributed by atoms with Crippen LogP contribution in [0.4, 0.5) is 0 Å². The number of ether oxygens (including phenoxy) is 3. The van der Waals surface area contributed by atoms with Crippen LogP contribution in [0.15, 0.2) is 72.9 Å². The van der Waals surface area contributed by atoms with Gasteiger partial charge in [0.15, 0.2) is 0 Å². The second kappa shape index (κ2) is 13.8. The third kappa shape index (κ3) is 8.67. The highest BCUT2D eigenvalue weighted by Gasteiger charge is 2.15. The molecule has 0 radical (unpaired) electrons. The number of aromatic nitrogens is 1. The summed E-state index contributed by atoms with van der Waals surface area (Å²) in [5.74, 6) is 0.862. The van der Waals surface area contributed by atoms with Crippen molar-refractivity contribution in [2.45, 2.75) is 32.2 Å². The first-order valence-corrected chi connectivity index (χ1v) is 11.5. The van der Waals surface area contributed by atoms with E-state index in [0.29, 0.717) is 26.4 Å². The molecule has 1 unspecified atom stereocenters. The van der Waals surface area contributed by atoms with Gasteiger partial charge in [-0.1, -0.05) is 42.5 Å². The maximum atomic E-state index is 10.6. The zero-order chi connectivity index (χ0) is 23.3. The number of hydrogen-bond acceptors (Lipinski definition) is 5. The average Bonchev–Trinajstić information content (AvgIpc) is 3.26. The monoisotopic (exact) mass is 452 g/mol. The van der Waals surface area contributed by atoms with Crippen molar-refractivity contribution in [2.24, 2.45) is 0 Å². The molecule has 6 heteroatoms. The van der Waals surface area contributed by atoms with E-state index in [2.05, 4.69) is 39.9 Å². The largest absolute Gasteiger partial charge is 0.497 e. The van der Waals surface area contributed by atoms with Gasteiger partial charge in [0.25, 0.3) is 0 Å². The predicted molar refractivity (Wildman–Crippen MR) is 130 cm³/mol. The minimum Gasteiger partial charge on any atom is -0.497 e. The SMILES string of the molecule is COCCCN(Cc1cccn1Cc1cccc(OC)c1)CC(O)COCc1ccccc1. The number of methoxy groups -OCH3 is 2. The van der Waals surface area contributed by atoms with Crippen LogP contribution in [-0.2, 0) is 29.2 Å². The third-order valence-corrected chi connectivity index (χ3v) is 5.51. The van der Waals surface area contributed by atoms with Crippen LogP contribution in [0.5, 0.6) is 5.75 Å². The molecular formula is C27H36N2O4. The van der Waals surface area contributed by atoms with E-state index >= 15 is 0 Å². The smallest absolute Gasteiger partial charge is 0.119 e. The van der Waals surface area contributed by atoms with Gasteiger partial charge in [0, 0.05) is 51.8 Å². The molecule has 3 rings (SSSR count). The molecule has 0 amide bonds. The molecule has 2 aromatic carbocycles.